The number of amides is 1. The Morgan fingerprint density at radius 2 is 2.22 bits per heavy atom. The summed E-state index contributed by atoms with van der Waals surface area (Å²) in [7, 11) is 0. The first-order valence-electron chi connectivity index (χ1n) is 7.93. The SMILES string of the molecule is O=C(c1cc(-c2ccccc2Cl)n[nH]1)N1CCCCC1CCO. The molecule has 1 saturated heterocycles. The van der Waals surface area contributed by atoms with Crippen LogP contribution in [-0.2, 0) is 0 Å². The van der Waals surface area contributed by atoms with Gasteiger partial charge in [-0.3, -0.25) is 9.89 Å². The average molecular weight is 334 g/mol. The highest BCUT2D eigenvalue weighted by atomic mass is 35.5. The van der Waals surface area contributed by atoms with Crippen molar-refractivity contribution in [1.82, 2.24) is 15.1 Å². The van der Waals surface area contributed by atoms with Crippen molar-refractivity contribution in [3.63, 3.8) is 0 Å². The predicted molar refractivity (Wildman–Crippen MR) is 89.4 cm³/mol. The molecule has 1 unspecified atom stereocenters. The molecular weight excluding hydrogens is 314 g/mol. The second kappa shape index (κ2) is 7.15. The van der Waals surface area contributed by atoms with Crippen LogP contribution < -0.4 is 0 Å². The average Bonchev–Trinajstić information content (AvgIpc) is 3.05. The van der Waals surface area contributed by atoms with Crippen molar-refractivity contribution in [1.29, 1.82) is 0 Å². The minimum atomic E-state index is -0.0612. The summed E-state index contributed by atoms with van der Waals surface area (Å²) in [5.74, 6) is -0.0612. The molecule has 2 aromatic rings. The molecule has 1 aromatic heterocycles. The van der Waals surface area contributed by atoms with Crippen LogP contribution in [0.15, 0.2) is 30.3 Å². The number of carbonyl (C=O) groups excluding carboxylic acids is 1. The number of aromatic nitrogens is 2. The number of likely N-dealkylation sites (tertiary alicyclic amines) is 1. The highest BCUT2D eigenvalue weighted by molar-refractivity contribution is 6.33. The van der Waals surface area contributed by atoms with Crippen molar-refractivity contribution in [3.8, 4) is 11.3 Å². The topological polar surface area (TPSA) is 69.2 Å². The van der Waals surface area contributed by atoms with E-state index in [1.54, 1.807) is 12.1 Å². The largest absolute Gasteiger partial charge is 0.396 e. The van der Waals surface area contributed by atoms with Gasteiger partial charge in [-0.2, -0.15) is 5.10 Å². The zero-order valence-electron chi connectivity index (χ0n) is 12.8. The Labute approximate surface area is 140 Å². The maximum Gasteiger partial charge on any atom is 0.272 e. The van der Waals surface area contributed by atoms with E-state index in [9.17, 15) is 9.90 Å². The maximum absolute atomic E-state index is 12.8. The van der Waals surface area contributed by atoms with Crippen molar-refractivity contribution < 1.29 is 9.90 Å². The van der Waals surface area contributed by atoms with Gasteiger partial charge >= 0.3 is 0 Å². The van der Waals surface area contributed by atoms with Gasteiger partial charge in [0.1, 0.15) is 5.69 Å². The molecule has 122 valence electrons. The molecule has 6 heteroatoms. The van der Waals surface area contributed by atoms with Gasteiger partial charge in [0.25, 0.3) is 5.91 Å². The summed E-state index contributed by atoms with van der Waals surface area (Å²) in [6, 6.07) is 9.27. The van der Waals surface area contributed by atoms with Crippen molar-refractivity contribution in [2.75, 3.05) is 13.2 Å². The molecule has 0 aliphatic carbocycles. The molecule has 5 nitrogen and oxygen atoms in total. The van der Waals surface area contributed by atoms with Gasteiger partial charge in [0, 0.05) is 24.8 Å². The molecule has 1 aliphatic heterocycles. The Balaban J connectivity index is 1.82. The summed E-state index contributed by atoms with van der Waals surface area (Å²) < 4.78 is 0. The summed E-state index contributed by atoms with van der Waals surface area (Å²) in [5.41, 5.74) is 1.93. The van der Waals surface area contributed by atoms with Crippen LogP contribution in [0, 0.1) is 0 Å². The number of aliphatic hydroxyl groups is 1. The number of hydrogen-bond donors (Lipinski definition) is 2. The van der Waals surface area contributed by atoms with E-state index in [0.717, 1.165) is 31.4 Å². The van der Waals surface area contributed by atoms with Crippen LogP contribution >= 0.6 is 11.6 Å². The lowest BCUT2D eigenvalue weighted by Crippen LogP contribution is -2.44. The fourth-order valence-corrected chi connectivity index (χ4v) is 3.34. The van der Waals surface area contributed by atoms with Crippen molar-refractivity contribution in [2.45, 2.75) is 31.7 Å². The Bertz CT molecular complexity index is 684. The smallest absolute Gasteiger partial charge is 0.272 e. The standard InChI is InChI=1S/C17H20ClN3O2/c18-14-7-2-1-6-13(14)15-11-16(20-19-15)17(23)21-9-4-3-5-12(21)8-10-22/h1-2,6-7,11-12,22H,3-5,8-10H2,(H,19,20). The Hall–Kier alpha value is -1.85. The second-order valence-electron chi connectivity index (χ2n) is 5.81. The number of nitrogens with zero attached hydrogens (tertiary/aromatic N) is 2. The number of benzene rings is 1. The van der Waals surface area contributed by atoms with Crippen LogP contribution in [-0.4, -0.2) is 45.3 Å². The van der Waals surface area contributed by atoms with Gasteiger partial charge in [0.05, 0.1) is 10.7 Å². The van der Waals surface area contributed by atoms with Crippen LogP contribution in [0.5, 0.6) is 0 Å². The number of aromatic amines is 1. The molecule has 1 atom stereocenters. The second-order valence-corrected chi connectivity index (χ2v) is 6.21. The number of hydrogen-bond acceptors (Lipinski definition) is 3. The quantitative estimate of drug-likeness (QED) is 0.903. The van der Waals surface area contributed by atoms with E-state index in [-0.39, 0.29) is 18.6 Å². The molecular formula is C17H20ClN3O2. The Morgan fingerprint density at radius 3 is 3.00 bits per heavy atom. The molecule has 3 rings (SSSR count). The first-order valence-corrected chi connectivity index (χ1v) is 8.30. The fourth-order valence-electron chi connectivity index (χ4n) is 3.11. The van der Waals surface area contributed by atoms with Gasteiger partial charge < -0.3 is 10.0 Å². The van der Waals surface area contributed by atoms with Gasteiger partial charge in [-0.15, -0.1) is 0 Å². The molecule has 0 spiro atoms. The van der Waals surface area contributed by atoms with Crippen LogP contribution in [0.1, 0.15) is 36.2 Å². The molecule has 23 heavy (non-hydrogen) atoms. The van der Waals surface area contributed by atoms with Crippen LogP contribution in [0.4, 0.5) is 0 Å². The van der Waals surface area contributed by atoms with Crippen molar-refractivity contribution in [2.24, 2.45) is 0 Å². The van der Waals surface area contributed by atoms with E-state index >= 15 is 0 Å². The molecule has 1 aromatic carbocycles. The summed E-state index contributed by atoms with van der Waals surface area (Å²) in [5, 5.41) is 16.9. The molecule has 1 aliphatic rings. The van der Waals surface area contributed by atoms with Gasteiger partial charge in [-0.05, 0) is 37.8 Å². The zero-order chi connectivity index (χ0) is 16.2. The van der Waals surface area contributed by atoms with E-state index < -0.39 is 0 Å². The lowest BCUT2D eigenvalue weighted by atomic mass is 9.99. The number of carbonyl (C=O) groups is 1. The number of aliphatic hydroxyl groups excluding tert-OH is 1. The molecule has 2 heterocycles. The normalized spacial score (nSPS) is 18.2. The summed E-state index contributed by atoms with van der Waals surface area (Å²) in [6.45, 7) is 0.826. The number of piperidine rings is 1. The van der Waals surface area contributed by atoms with Crippen LogP contribution in [0.3, 0.4) is 0 Å². The third kappa shape index (κ3) is 3.41. The lowest BCUT2D eigenvalue weighted by Gasteiger charge is -2.35. The number of halogens is 1. The van der Waals surface area contributed by atoms with Crippen LogP contribution in [0.2, 0.25) is 5.02 Å². The molecule has 0 radical (unpaired) electrons. The third-order valence-electron chi connectivity index (χ3n) is 4.31. The summed E-state index contributed by atoms with van der Waals surface area (Å²) in [4.78, 5) is 14.6. The first kappa shape index (κ1) is 16.0. The minimum Gasteiger partial charge on any atom is -0.396 e. The maximum atomic E-state index is 12.8. The first-order chi connectivity index (χ1) is 11.2. The molecule has 1 amide bonds. The Morgan fingerprint density at radius 1 is 1.39 bits per heavy atom. The molecule has 0 saturated carbocycles. The highest BCUT2D eigenvalue weighted by Crippen LogP contribution is 2.27. The molecule has 1 fully saturated rings. The lowest BCUT2D eigenvalue weighted by molar-refractivity contribution is 0.0568. The van der Waals surface area contributed by atoms with E-state index in [0.29, 0.717) is 22.8 Å². The third-order valence-corrected chi connectivity index (χ3v) is 4.64. The van der Waals surface area contributed by atoms with Gasteiger partial charge in [0.2, 0.25) is 0 Å². The van der Waals surface area contributed by atoms with Gasteiger partial charge in [0.15, 0.2) is 0 Å². The van der Waals surface area contributed by atoms with Crippen molar-refractivity contribution in [3.05, 3.63) is 41.0 Å². The predicted octanol–water partition coefficient (Wildman–Crippen LogP) is 3.11. The number of rotatable bonds is 4. The van der Waals surface area contributed by atoms with Crippen LogP contribution in [0.25, 0.3) is 11.3 Å². The Kier molecular flexibility index (Phi) is 4.98. The van der Waals surface area contributed by atoms with Crippen molar-refractivity contribution >= 4 is 17.5 Å². The van der Waals surface area contributed by atoms with E-state index in [1.807, 2.05) is 23.1 Å². The molecule has 0 bridgehead atoms. The fraction of sp³-hybridized carbons (Fsp3) is 0.412. The summed E-state index contributed by atoms with van der Waals surface area (Å²) in [6.07, 6.45) is 3.66. The van der Waals surface area contributed by atoms with Gasteiger partial charge in [-0.25, -0.2) is 0 Å². The zero-order valence-corrected chi connectivity index (χ0v) is 13.6. The highest BCUT2D eigenvalue weighted by Gasteiger charge is 2.28. The van der Waals surface area contributed by atoms with E-state index in [1.165, 1.54) is 0 Å². The monoisotopic (exact) mass is 333 g/mol. The minimum absolute atomic E-state index is 0.0612. The van der Waals surface area contributed by atoms with E-state index in [4.69, 9.17) is 11.6 Å². The summed E-state index contributed by atoms with van der Waals surface area (Å²) >= 11 is 6.18. The number of H-pyrrole nitrogens is 1. The molecule has 2 N–H and O–H groups in total. The van der Waals surface area contributed by atoms with Gasteiger partial charge in [-0.1, -0.05) is 29.8 Å². The number of nitrogens with one attached hydrogen (secondary N) is 1. The van der Waals surface area contributed by atoms with E-state index in [2.05, 4.69) is 10.2 Å².